The number of hydrogen-bond acceptors (Lipinski definition) is 7. The zero-order chi connectivity index (χ0) is 22.0. The highest BCUT2D eigenvalue weighted by Gasteiger charge is 2.14. The number of aryl methyl sites for hydroxylation is 1. The number of phenols is 1. The van der Waals surface area contributed by atoms with Gasteiger partial charge in [0.15, 0.2) is 11.5 Å². The van der Waals surface area contributed by atoms with Gasteiger partial charge in [0.1, 0.15) is 29.5 Å². The van der Waals surface area contributed by atoms with Gasteiger partial charge in [-0.3, -0.25) is 0 Å². The molecule has 0 aliphatic rings. The summed E-state index contributed by atoms with van der Waals surface area (Å²) >= 11 is 5.74. The number of nitrogens with one attached hydrogen (secondary N) is 1. The predicted molar refractivity (Wildman–Crippen MR) is 115 cm³/mol. The third-order valence-corrected chi connectivity index (χ3v) is 5.02. The van der Waals surface area contributed by atoms with Crippen molar-refractivity contribution in [2.24, 2.45) is 7.05 Å². The topological polar surface area (TPSA) is 94.3 Å². The molecule has 10 heteroatoms. The van der Waals surface area contributed by atoms with Crippen LogP contribution in [0.25, 0.3) is 10.9 Å². The number of nitrogens with zero attached hydrogens (tertiary/aromatic N) is 4. The van der Waals surface area contributed by atoms with Gasteiger partial charge < -0.3 is 24.5 Å². The second-order valence-electron chi connectivity index (χ2n) is 6.70. The normalized spacial score (nSPS) is 11.0. The Morgan fingerprint density at radius 3 is 2.74 bits per heavy atom. The van der Waals surface area contributed by atoms with Gasteiger partial charge in [0.05, 0.1) is 29.9 Å². The van der Waals surface area contributed by atoms with Crippen LogP contribution in [0.3, 0.4) is 0 Å². The number of halogens is 2. The number of rotatable bonds is 7. The molecule has 0 saturated carbocycles. The van der Waals surface area contributed by atoms with E-state index in [1.54, 1.807) is 18.3 Å². The van der Waals surface area contributed by atoms with E-state index >= 15 is 0 Å². The summed E-state index contributed by atoms with van der Waals surface area (Å²) in [7, 11) is 3.45. The van der Waals surface area contributed by atoms with Crippen LogP contribution in [0.5, 0.6) is 17.2 Å². The highest BCUT2D eigenvalue weighted by Crippen LogP contribution is 2.36. The third kappa shape index (κ3) is 4.31. The van der Waals surface area contributed by atoms with E-state index in [-0.39, 0.29) is 16.5 Å². The van der Waals surface area contributed by atoms with Crippen LogP contribution < -0.4 is 14.8 Å². The monoisotopic (exact) mass is 443 g/mol. The van der Waals surface area contributed by atoms with Crippen LogP contribution in [0.4, 0.5) is 15.9 Å². The number of phenolic OH excluding ortho intramolecular Hbond substituents is 1. The van der Waals surface area contributed by atoms with Crippen LogP contribution >= 0.6 is 11.6 Å². The van der Waals surface area contributed by atoms with Gasteiger partial charge >= 0.3 is 0 Å². The van der Waals surface area contributed by atoms with Crippen molar-refractivity contribution in [3.8, 4) is 17.2 Å². The Labute approximate surface area is 182 Å². The Bertz CT molecular complexity index is 1250. The summed E-state index contributed by atoms with van der Waals surface area (Å²) in [5, 5.41) is 13.2. The van der Waals surface area contributed by atoms with Crippen LogP contribution in [0, 0.1) is 5.82 Å². The van der Waals surface area contributed by atoms with E-state index in [0.29, 0.717) is 41.2 Å². The molecule has 0 radical (unpaired) electrons. The molecule has 2 heterocycles. The second-order valence-corrected chi connectivity index (χ2v) is 7.11. The molecule has 0 saturated heterocycles. The zero-order valence-electron chi connectivity index (χ0n) is 16.8. The van der Waals surface area contributed by atoms with Crippen LogP contribution in [0.2, 0.25) is 5.02 Å². The number of methoxy groups -OCH3 is 1. The van der Waals surface area contributed by atoms with Gasteiger partial charge in [0, 0.05) is 43.4 Å². The Morgan fingerprint density at radius 2 is 2.00 bits per heavy atom. The van der Waals surface area contributed by atoms with Gasteiger partial charge in [0.2, 0.25) is 0 Å². The Balaban J connectivity index is 1.62. The van der Waals surface area contributed by atoms with Crippen molar-refractivity contribution < 1.29 is 19.0 Å². The fraction of sp³-hybridized carbons (Fsp3) is 0.190. The van der Waals surface area contributed by atoms with E-state index in [0.717, 1.165) is 11.9 Å². The zero-order valence-corrected chi connectivity index (χ0v) is 17.5. The molecule has 0 spiro atoms. The number of benzene rings is 2. The van der Waals surface area contributed by atoms with Crippen LogP contribution in [-0.2, 0) is 13.5 Å². The van der Waals surface area contributed by atoms with Crippen molar-refractivity contribution in [3.05, 3.63) is 59.7 Å². The minimum absolute atomic E-state index is 0.0243. The first-order valence-corrected chi connectivity index (χ1v) is 9.71. The lowest BCUT2D eigenvalue weighted by atomic mass is 10.2. The first-order chi connectivity index (χ1) is 15.0. The van der Waals surface area contributed by atoms with Crippen molar-refractivity contribution in [1.82, 2.24) is 19.5 Å². The van der Waals surface area contributed by atoms with E-state index in [4.69, 9.17) is 21.1 Å². The van der Waals surface area contributed by atoms with Crippen molar-refractivity contribution in [1.29, 1.82) is 0 Å². The van der Waals surface area contributed by atoms with Gasteiger partial charge in [-0.25, -0.2) is 19.3 Å². The Hall–Kier alpha value is -3.59. The van der Waals surface area contributed by atoms with E-state index in [2.05, 4.69) is 20.3 Å². The molecule has 2 aromatic carbocycles. The smallest absolute Gasteiger partial charge is 0.163 e. The summed E-state index contributed by atoms with van der Waals surface area (Å²) in [5.41, 5.74) is 0.597. The number of imidazole rings is 1. The lowest BCUT2D eigenvalue weighted by Crippen LogP contribution is -2.07. The third-order valence-electron chi connectivity index (χ3n) is 4.71. The van der Waals surface area contributed by atoms with Crippen molar-refractivity contribution in [3.63, 3.8) is 0 Å². The SMILES string of the molecule is COc1cc2c(Nc3cc(O)c(Cl)cc3F)ncnc2cc1OCCc1nccn1C. The number of aromatic hydroxyl groups is 1. The maximum absolute atomic E-state index is 14.3. The van der Waals surface area contributed by atoms with E-state index in [1.165, 1.54) is 19.5 Å². The summed E-state index contributed by atoms with van der Waals surface area (Å²) in [4.78, 5) is 12.7. The fourth-order valence-corrected chi connectivity index (χ4v) is 3.24. The molecule has 0 unspecified atom stereocenters. The lowest BCUT2D eigenvalue weighted by Gasteiger charge is -2.14. The predicted octanol–water partition coefficient (Wildman–Crippen LogP) is 4.24. The van der Waals surface area contributed by atoms with Crippen LogP contribution in [0.15, 0.2) is 43.0 Å². The number of anilines is 2. The molecule has 31 heavy (non-hydrogen) atoms. The quantitative estimate of drug-likeness (QED) is 0.441. The lowest BCUT2D eigenvalue weighted by molar-refractivity contribution is 0.295. The number of ether oxygens (including phenoxy) is 2. The van der Waals surface area contributed by atoms with Gasteiger partial charge in [-0.05, 0) is 12.1 Å². The molecule has 160 valence electrons. The van der Waals surface area contributed by atoms with E-state index < -0.39 is 5.82 Å². The summed E-state index contributed by atoms with van der Waals surface area (Å²) < 4.78 is 27.6. The van der Waals surface area contributed by atoms with Gasteiger partial charge in [-0.15, -0.1) is 0 Å². The van der Waals surface area contributed by atoms with Crippen molar-refractivity contribution in [2.75, 3.05) is 19.0 Å². The minimum atomic E-state index is -0.629. The molecule has 0 bridgehead atoms. The fourth-order valence-electron chi connectivity index (χ4n) is 3.09. The molecule has 0 fully saturated rings. The standard InChI is InChI=1S/C21H19ClFN5O3/c1-28-5-4-24-20(28)3-6-31-19-10-15-12(7-18(19)30-2)21(26-11-25-15)27-16-9-17(29)13(22)8-14(16)23/h4-5,7-11,29H,3,6H2,1-2H3,(H,25,26,27). The number of aromatic nitrogens is 4. The average molecular weight is 444 g/mol. The first kappa shape index (κ1) is 20.7. The molecule has 0 aliphatic heterocycles. The van der Waals surface area contributed by atoms with Crippen molar-refractivity contribution >= 4 is 34.0 Å². The molecular formula is C21H19ClFN5O3. The summed E-state index contributed by atoms with van der Waals surface area (Å²) in [6.07, 6.45) is 5.59. The van der Waals surface area contributed by atoms with Gasteiger partial charge in [-0.2, -0.15) is 0 Å². The largest absolute Gasteiger partial charge is 0.506 e. The second kappa shape index (κ2) is 8.65. The van der Waals surface area contributed by atoms with E-state index in [1.807, 2.05) is 17.8 Å². The first-order valence-electron chi connectivity index (χ1n) is 9.33. The maximum atomic E-state index is 14.3. The molecule has 2 N–H and O–H groups in total. The molecule has 4 aromatic rings. The average Bonchev–Trinajstić information content (AvgIpc) is 3.16. The molecule has 2 aromatic heterocycles. The number of fused-ring (bicyclic) bond motifs is 1. The van der Waals surface area contributed by atoms with Crippen LogP contribution in [0.1, 0.15) is 5.82 Å². The number of hydrogen-bond donors (Lipinski definition) is 2. The molecule has 8 nitrogen and oxygen atoms in total. The Morgan fingerprint density at radius 1 is 1.16 bits per heavy atom. The van der Waals surface area contributed by atoms with Gasteiger partial charge in [-0.1, -0.05) is 11.6 Å². The highest BCUT2D eigenvalue weighted by atomic mass is 35.5. The minimum Gasteiger partial charge on any atom is -0.506 e. The van der Waals surface area contributed by atoms with Crippen LogP contribution in [-0.4, -0.2) is 38.3 Å². The molecular weight excluding hydrogens is 425 g/mol. The molecule has 0 amide bonds. The molecule has 4 rings (SSSR count). The summed E-state index contributed by atoms with van der Waals surface area (Å²) in [6.45, 7) is 0.401. The summed E-state index contributed by atoms with van der Waals surface area (Å²) in [5.74, 6) is 1.36. The summed E-state index contributed by atoms with van der Waals surface area (Å²) in [6, 6.07) is 5.66. The molecule has 0 aliphatic carbocycles. The highest BCUT2D eigenvalue weighted by molar-refractivity contribution is 6.32. The Kier molecular flexibility index (Phi) is 5.77. The molecule has 0 atom stereocenters. The maximum Gasteiger partial charge on any atom is 0.163 e. The van der Waals surface area contributed by atoms with E-state index in [9.17, 15) is 9.50 Å². The van der Waals surface area contributed by atoms with Gasteiger partial charge in [0.25, 0.3) is 0 Å². The van der Waals surface area contributed by atoms with Crippen molar-refractivity contribution in [2.45, 2.75) is 6.42 Å².